The highest BCUT2D eigenvalue weighted by Crippen LogP contribution is 2.32. The van der Waals surface area contributed by atoms with E-state index in [9.17, 15) is 22.8 Å². The first kappa shape index (κ1) is 32.7. The molecule has 0 spiro atoms. The van der Waals surface area contributed by atoms with E-state index in [1.807, 2.05) is 23.1 Å². The molecule has 1 aliphatic carbocycles. The summed E-state index contributed by atoms with van der Waals surface area (Å²) >= 11 is 6.52. The summed E-state index contributed by atoms with van der Waals surface area (Å²) in [4.78, 5) is 35.0. The molecule has 3 aromatic rings. The molecule has 0 unspecified atom stereocenters. The van der Waals surface area contributed by atoms with Crippen LogP contribution in [0.4, 0.5) is 18.9 Å². The van der Waals surface area contributed by atoms with Gasteiger partial charge < -0.3 is 19.7 Å². The summed E-state index contributed by atoms with van der Waals surface area (Å²) in [5, 5.41) is 3.58. The normalized spacial score (nSPS) is 16.6. The van der Waals surface area contributed by atoms with E-state index in [-0.39, 0.29) is 31.0 Å². The summed E-state index contributed by atoms with van der Waals surface area (Å²) in [7, 11) is 1.66. The van der Waals surface area contributed by atoms with Crippen LogP contribution in [0.15, 0.2) is 48.7 Å². The van der Waals surface area contributed by atoms with Crippen LogP contribution in [0.25, 0.3) is 0 Å². The number of carbonyl (C=O) groups excluding carboxylic acids is 2. The average Bonchev–Trinajstić information content (AvgIpc) is 3.88. The van der Waals surface area contributed by atoms with Gasteiger partial charge in [-0.1, -0.05) is 23.7 Å². The Morgan fingerprint density at radius 2 is 1.80 bits per heavy atom. The fraction of sp³-hybridized carbons (Fsp3) is 0.424. The lowest BCUT2D eigenvalue weighted by Crippen LogP contribution is -2.61. The van der Waals surface area contributed by atoms with Crippen LogP contribution < -0.4 is 15.0 Å². The number of rotatable bonds is 14. The minimum Gasteiger partial charge on any atom is -0.488 e. The number of pyridine rings is 1. The van der Waals surface area contributed by atoms with Gasteiger partial charge in [-0.05, 0) is 80.0 Å². The fourth-order valence-corrected chi connectivity index (χ4v) is 5.60. The first-order valence-corrected chi connectivity index (χ1v) is 15.4. The lowest BCUT2D eigenvalue weighted by Gasteiger charge is -2.38. The van der Waals surface area contributed by atoms with E-state index < -0.39 is 29.2 Å². The number of hydrogen-bond donors (Lipinski definition) is 1. The molecule has 0 bridgehead atoms. The molecule has 240 valence electrons. The Hall–Kier alpha value is -3.67. The number of piperazine rings is 1. The van der Waals surface area contributed by atoms with Crippen LogP contribution in [0, 0.1) is 17.5 Å². The Kier molecular flexibility index (Phi) is 11.0. The van der Waals surface area contributed by atoms with E-state index in [0.29, 0.717) is 49.3 Å². The van der Waals surface area contributed by atoms with E-state index in [4.69, 9.17) is 21.1 Å². The highest BCUT2D eigenvalue weighted by Gasteiger charge is 2.41. The van der Waals surface area contributed by atoms with Crippen LogP contribution in [-0.2, 0) is 33.7 Å². The number of halogens is 4. The summed E-state index contributed by atoms with van der Waals surface area (Å²) in [5.41, 5.74) is 3.20. The van der Waals surface area contributed by atoms with Crippen molar-refractivity contribution in [3.8, 4) is 5.75 Å². The van der Waals surface area contributed by atoms with Gasteiger partial charge in [-0.25, -0.2) is 8.78 Å². The Morgan fingerprint density at radius 1 is 1.07 bits per heavy atom. The van der Waals surface area contributed by atoms with Gasteiger partial charge in [-0.15, -0.1) is 0 Å². The predicted octanol–water partition coefficient (Wildman–Crippen LogP) is 5.24. The SMILES string of the molecule is COCCCc1cc(CN(C(=O)[C@H]2CNCC(=O)N2c2ccc(CCCOc3c(F)ccc(F)c3F)cc2)C2CC2)c(Cl)cn1. The lowest BCUT2D eigenvalue weighted by atomic mass is 10.1. The molecule has 1 saturated heterocycles. The summed E-state index contributed by atoms with van der Waals surface area (Å²) in [6.07, 6.45) is 5.90. The van der Waals surface area contributed by atoms with Crippen molar-refractivity contribution in [3.63, 3.8) is 0 Å². The van der Waals surface area contributed by atoms with Crippen LogP contribution in [0.1, 0.15) is 42.5 Å². The standard InChI is InChI=1S/C33H36ClF3N4O4/c1-44-14-3-5-23-16-22(26(34)17-39-23)20-40(24-10-11-24)33(43)29-18-38-19-30(42)41(29)25-8-6-21(7-9-25)4-2-15-45-32-28(36)13-12-27(35)31(32)37/h6-9,12-13,16-17,24,29,38H,2-5,10-11,14-15,18-20H2,1H3/t29-/m1/s1. The maximum atomic E-state index is 14.1. The Morgan fingerprint density at radius 3 is 2.53 bits per heavy atom. The summed E-state index contributed by atoms with van der Waals surface area (Å²) in [6, 6.07) is 10.1. The van der Waals surface area contributed by atoms with Gasteiger partial charge in [0, 0.05) is 50.4 Å². The Bertz CT molecular complexity index is 1510. The molecule has 1 atom stereocenters. The van der Waals surface area contributed by atoms with E-state index in [2.05, 4.69) is 10.3 Å². The Balaban J connectivity index is 1.24. The molecule has 1 aromatic heterocycles. The molecule has 45 heavy (non-hydrogen) atoms. The highest BCUT2D eigenvalue weighted by molar-refractivity contribution is 6.31. The second-order valence-corrected chi connectivity index (χ2v) is 11.7. The maximum Gasteiger partial charge on any atom is 0.247 e. The molecule has 0 radical (unpaired) electrons. The molecular formula is C33H36ClF3N4O4. The van der Waals surface area contributed by atoms with Gasteiger partial charge >= 0.3 is 0 Å². The van der Waals surface area contributed by atoms with E-state index in [1.54, 1.807) is 30.3 Å². The van der Waals surface area contributed by atoms with E-state index in [1.165, 1.54) is 0 Å². The largest absolute Gasteiger partial charge is 0.488 e. The third-order valence-electron chi connectivity index (χ3n) is 7.94. The van der Waals surface area contributed by atoms with Crippen LogP contribution in [0.3, 0.4) is 0 Å². The number of anilines is 1. The molecule has 2 amide bonds. The molecule has 8 nitrogen and oxygen atoms in total. The van der Waals surface area contributed by atoms with Gasteiger partial charge in [-0.3, -0.25) is 19.5 Å². The minimum absolute atomic E-state index is 0.0148. The van der Waals surface area contributed by atoms with Crippen LogP contribution in [-0.4, -0.2) is 67.2 Å². The zero-order valence-corrected chi connectivity index (χ0v) is 25.8. The third-order valence-corrected chi connectivity index (χ3v) is 8.28. The van der Waals surface area contributed by atoms with Crippen molar-refractivity contribution >= 4 is 29.1 Å². The fourth-order valence-electron chi connectivity index (χ4n) is 5.44. The summed E-state index contributed by atoms with van der Waals surface area (Å²) < 4.78 is 51.3. The second-order valence-electron chi connectivity index (χ2n) is 11.3. The first-order valence-electron chi connectivity index (χ1n) is 15.1. The van der Waals surface area contributed by atoms with Crippen molar-refractivity contribution in [2.45, 2.75) is 57.2 Å². The number of ether oxygens (including phenoxy) is 2. The van der Waals surface area contributed by atoms with Gasteiger partial charge in [0.25, 0.3) is 0 Å². The molecule has 1 saturated carbocycles. The number of aryl methyl sites for hydroxylation is 2. The second kappa shape index (κ2) is 15.1. The molecule has 1 N–H and O–H groups in total. The van der Waals surface area contributed by atoms with Crippen molar-refractivity contribution in [2.24, 2.45) is 0 Å². The van der Waals surface area contributed by atoms with Crippen LogP contribution in [0.5, 0.6) is 5.75 Å². The number of amides is 2. The number of methoxy groups -OCH3 is 1. The van der Waals surface area contributed by atoms with Crippen molar-refractivity contribution in [1.82, 2.24) is 15.2 Å². The summed E-state index contributed by atoms with van der Waals surface area (Å²) in [6.45, 7) is 1.36. The number of nitrogens with zero attached hydrogens (tertiary/aromatic N) is 3. The molecule has 2 heterocycles. The molecule has 12 heteroatoms. The highest BCUT2D eigenvalue weighted by atomic mass is 35.5. The number of nitrogens with one attached hydrogen (secondary N) is 1. The van der Waals surface area contributed by atoms with Crippen LogP contribution >= 0.6 is 11.6 Å². The van der Waals surface area contributed by atoms with E-state index in [0.717, 1.165) is 48.6 Å². The average molecular weight is 645 g/mol. The van der Waals surface area contributed by atoms with Crippen molar-refractivity contribution < 1.29 is 32.2 Å². The number of hydrogen-bond acceptors (Lipinski definition) is 6. The van der Waals surface area contributed by atoms with Gasteiger partial charge in [-0.2, -0.15) is 4.39 Å². The number of benzene rings is 2. The zero-order valence-electron chi connectivity index (χ0n) is 25.0. The van der Waals surface area contributed by atoms with Crippen LogP contribution in [0.2, 0.25) is 5.02 Å². The lowest BCUT2D eigenvalue weighted by molar-refractivity contribution is -0.136. The third kappa shape index (κ3) is 8.14. The van der Waals surface area contributed by atoms with Gasteiger partial charge in [0.1, 0.15) is 6.04 Å². The van der Waals surface area contributed by atoms with Crippen molar-refractivity contribution in [1.29, 1.82) is 0 Å². The molecule has 2 aromatic carbocycles. The van der Waals surface area contributed by atoms with Gasteiger partial charge in [0.2, 0.25) is 17.6 Å². The smallest absolute Gasteiger partial charge is 0.247 e. The zero-order chi connectivity index (χ0) is 31.9. The van der Waals surface area contributed by atoms with Gasteiger partial charge in [0.15, 0.2) is 17.4 Å². The number of aromatic nitrogens is 1. The monoisotopic (exact) mass is 644 g/mol. The minimum atomic E-state index is -1.35. The predicted molar refractivity (Wildman–Crippen MR) is 164 cm³/mol. The summed E-state index contributed by atoms with van der Waals surface area (Å²) in [5.74, 6) is -4.58. The molecule has 1 aliphatic heterocycles. The first-order chi connectivity index (χ1) is 21.8. The van der Waals surface area contributed by atoms with E-state index >= 15 is 0 Å². The topological polar surface area (TPSA) is 84.0 Å². The molecule has 2 aliphatic rings. The molecule has 2 fully saturated rings. The quantitative estimate of drug-likeness (QED) is 0.191. The molecule has 5 rings (SSSR count). The number of carbonyl (C=O) groups is 2. The Labute approximate surface area is 265 Å². The maximum absolute atomic E-state index is 14.1. The van der Waals surface area contributed by atoms with Gasteiger partial charge in [0.05, 0.1) is 18.2 Å². The molecular weight excluding hydrogens is 609 g/mol. The van der Waals surface area contributed by atoms with Crippen molar-refractivity contribution in [3.05, 3.63) is 88.0 Å². The van der Waals surface area contributed by atoms with Crippen molar-refractivity contribution in [2.75, 3.05) is 38.3 Å².